The molecule has 0 bridgehead atoms. The Labute approximate surface area is 93.3 Å². The third-order valence-corrected chi connectivity index (χ3v) is 3.06. The maximum Gasteiger partial charge on any atom is 0.126 e. The van der Waals surface area contributed by atoms with Crippen LogP contribution in [0.15, 0.2) is 18.2 Å². The summed E-state index contributed by atoms with van der Waals surface area (Å²) in [4.78, 5) is 0. The number of rotatable bonds is 5. The number of hydrogen-bond donors (Lipinski definition) is 1. The van der Waals surface area contributed by atoms with Gasteiger partial charge in [-0.15, -0.1) is 0 Å². The fourth-order valence-electron chi connectivity index (χ4n) is 1.22. The van der Waals surface area contributed by atoms with Crippen molar-refractivity contribution in [2.24, 2.45) is 0 Å². The summed E-state index contributed by atoms with van der Waals surface area (Å²) in [6, 6.07) is 3.58. The van der Waals surface area contributed by atoms with E-state index in [4.69, 9.17) is 0 Å². The van der Waals surface area contributed by atoms with Crippen molar-refractivity contribution in [3.8, 4) is 0 Å². The van der Waals surface area contributed by atoms with Gasteiger partial charge in [0, 0.05) is 24.4 Å². The highest BCUT2D eigenvalue weighted by atomic mass is 32.2. The monoisotopic (exact) mass is 231 g/mol. The zero-order valence-corrected chi connectivity index (χ0v) is 9.70. The summed E-state index contributed by atoms with van der Waals surface area (Å²) in [6.07, 6.45) is 2.04. The van der Waals surface area contributed by atoms with E-state index in [1.807, 2.05) is 6.26 Å². The third kappa shape index (κ3) is 4.62. The molecule has 1 aromatic carbocycles. The van der Waals surface area contributed by atoms with E-state index in [1.54, 1.807) is 11.8 Å². The van der Waals surface area contributed by atoms with Gasteiger partial charge in [0.05, 0.1) is 0 Å². The molecule has 1 rings (SSSR count). The van der Waals surface area contributed by atoms with Crippen LogP contribution < -0.4 is 5.32 Å². The molecule has 1 atom stereocenters. The van der Waals surface area contributed by atoms with Crippen molar-refractivity contribution in [1.29, 1.82) is 0 Å². The fourth-order valence-corrected chi connectivity index (χ4v) is 1.50. The second-order valence-corrected chi connectivity index (χ2v) is 4.73. The molecule has 0 aliphatic rings. The van der Waals surface area contributed by atoms with Crippen molar-refractivity contribution in [3.63, 3.8) is 0 Å². The van der Waals surface area contributed by atoms with Crippen LogP contribution in [0.2, 0.25) is 0 Å². The van der Waals surface area contributed by atoms with Crippen LogP contribution >= 0.6 is 11.8 Å². The quantitative estimate of drug-likeness (QED) is 0.836. The van der Waals surface area contributed by atoms with Gasteiger partial charge in [0.1, 0.15) is 11.6 Å². The lowest BCUT2D eigenvalue weighted by Crippen LogP contribution is -2.22. The molecule has 0 heterocycles. The summed E-state index contributed by atoms with van der Waals surface area (Å²) in [6.45, 7) is 3.43. The van der Waals surface area contributed by atoms with Gasteiger partial charge in [0.15, 0.2) is 0 Å². The first-order valence-corrected chi connectivity index (χ1v) is 6.09. The summed E-state index contributed by atoms with van der Waals surface area (Å²) in [5, 5.41) is 3.66. The first-order valence-electron chi connectivity index (χ1n) is 4.80. The van der Waals surface area contributed by atoms with Gasteiger partial charge in [-0.3, -0.25) is 0 Å². The first-order chi connectivity index (χ1) is 7.11. The maximum absolute atomic E-state index is 12.8. The molecule has 0 radical (unpaired) electrons. The molecule has 1 nitrogen and oxygen atoms in total. The predicted octanol–water partition coefficient (Wildman–Crippen LogP) is 2.81. The standard InChI is InChI=1S/C11H15F2NS/c1-8(15-2)6-14-7-9-3-10(12)5-11(13)4-9/h3-5,8,14H,6-7H2,1-2H3. The Morgan fingerprint density at radius 2 is 1.87 bits per heavy atom. The average molecular weight is 231 g/mol. The van der Waals surface area contributed by atoms with Gasteiger partial charge in [-0.2, -0.15) is 11.8 Å². The van der Waals surface area contributed by atoms with Gasteiger partial charge in [-0.05, 0) is 24.0 Å². The number of halogens is 2. The summed E-state index contributed by atoms with van der Waals surface area (Å²) in [5.41, 5.74) is 0.640. The van der Waals surface area contributed by atoms with Gasteiger partial charge in [0.25, 0.3) is 0 Å². The second-order valence-electron chi connectivity index (χ2n) is 3.45. The minimum atomic E-state index is -0.523. The lowest BCUT2D eigenvalue weighted by molar-refractivity contribution is 0.575. The molecule has 15 heavy (non-hydrogen) atoms. The predicted molar refractivity (Wildman–Crippen MR) is 61.0 cm³/mol. The van der Waals surface area contributed by atoms with Crippen molar-refractivity contribution in [1.82, 2.24) is 5.32 Å². The molecule has 0 saturated carbocycles. The Hall–Kier alpha value is -0.610. The van der Waals surface area contributed by atoms with Crippen molar-refractivity contribution in [2.45, 2.75) is 18.7 Å². The van der Waals surface area contributed by atoms with Crippen LogP contribution in [-0.4, -0.2) is 18.1 Å². The van der Waals surface area contributed by atoms with Crippen molar-refractivity contribution >= 4 is 11.8 Å². The minimum Gasteiger partial charge on any atom is -0.312 e. The van der Waals surface area contributed by atoms with Crippen LogP contribution in [0.25, 0.3) is 0 Å². The van der Waals surface area contributed by atoms with Gasteiger partial charge in [-0.25, -0.2) is 8.78 Å². The summed E-state index contributed by atoms with van der Waals surface area (Å²) in [5.74, 6) is -1.05. The van der Waals surface area contributed by atoms with E-state index >= 15 is 0 Å². The number of thioether (sulfide) groups is 1. The molecule has 0 saturated heterocycles. The summed E-state index contributed by atoms with van der Waals surface area (Å²) < 4.78 is 25.6. The van der Waals surface area contributed by atoms with E-state index in [2.05, 4.69) is 12.2 Å². The molecule has 1 N–H and O–H groups in total. The van der Waals surface area contributed by atoms with Crippen molar-refractivity contribution in [2.75, 3.05) is 12.8 Å². The van der Waals surface area contributed by atoms with E-state index in [0.29, 0.717) is 17.4 Å². The Bertz CT molecular complexity index is 297. The smallest absolute Gasteiger partial charge is 0.126 e. The number of benzene rings is 1. The summed E-state index contributed by atoms with van der Waals surface area (Å²) >= 11 is 1.76. The molecule has 1 unspecified atom stereocenters. The van der Waals surface area contributed by atoms with Gasteiger partial charge >= 0.3 is 0 Å². The zero-order chi connectivity index (χ0) is 11.3. The van der Waals surface area contributed by atoms with Crippen LogP contribution in [0.1, 0.15) is 12.5 Å². The van der Waals surface area contributed by atoms with Crippen molar-refractivity contribution in [3.05, 3.63) is 35.4 Å². The largest absolute Gasteiger partial charge is 0.312 e. The normalized spacial score (nSPS) is 12.8. The molecule has 0 fully saturated rings. The molecular weight excluding hydrogens is 216 g/mol. The van der Waals surface area contributed by atoms with Gasteiger partial charge in [-0.1, -0.05) is 6.92 Å². The van der Waals surface area contributed by atoms with Crippen molar-refractivity contribution < 1.29 is 8.78 Å². The molecular formula is C11H15F2NS. The van der Waals surface area contributed by atoms with Crippen LogP contribution in [0, 0.1) is 11.6 Å². The SMILES string of the molecule is CSC(C)CNCc1cc(F)cc(F)c1. The topological polar surface area (TPSA) is 12.0 Å². The molecule has 0 amide bonds. The molecule has 0 aliphatic heterocycles. The molecule has 4 heteroatoms. The molecule has 0 aromatic heterocycles. The van der Waals surface area contributed by atoms with Gasteiger partial charge < -0.3 is 5.32 Å². The lowest BCUT2D eigenvalue weighted by Gasteiger charge is -2.09. The minimum absolute atomic E-state index is 0.500. The highest BCUT2D eigenvalue weighted by molar-refractivity contribution is 7.99. The highest BCUT2D eigenvalue weighted by Gasteiger charge is 2.02. The van der Waals surface area contributed by atoms with Crippen LogP contribution in [0.4, 0.5) is 8.78 Å². The molecule has 84 valence electrons. The van der Waals surface area contributed by atoms with Crippen LogP contribution in [0.3, 0.4) is 0 Å². The Morgan fingerprint density at radius 1 is 1.27 bits per heavy atom. The Morgan fingerprint density at radius 3 is 2.40 bits per heavy atom. The number of hydrogen-bond acceptors (Lipinski definition) is 2. The molecule has 1 aromatic rings. The van der Waals surface area contributed by atoms with Crippen LogP contribution in [0.5, 0.6) is 0 Å². The van der Waals surface area contributed by atoms with Gasteiger partial charge in [0.2, 0.25) is 0 Å². The molecule has 0 aliphatic carbocycles. The zero-order valence-electron chi connectivity index (χ0n) is 8.89. The first kappa shape index (κ1) is 12.5. The third-order valence-electron chi connectivity index (χ3n) is 2.09. The number of nitrogens with one attached hydrogen (secondary N) is 1. The second kappa shape index (κ2) is 6.08. The Balaban J connectivity index is 2.43. The summed E-state index contributed by atoms with van der Waals surface area (Å²) in [7, 11) is 0. The van der Waals surface area contributed by atoms with E-state index in [-0.39, 0.29) is 0 Å². The van der Waals surface area contributed by atoms with E-state index in [1.165, 1.54) is 12.1 Å². The fraction of sp³-hybridized carbons (Fsp3) is 0.455. The molecule has 0 spiro atoms. The van der Waals surface area contributed by atoms with E-state index in [0.717, 1.165) is 12.6 Å². The van der Waals surface area contributed by atoms with E-state index in [9.17, 15) is 8.78 Å². The Kier molecular flexibility index (Phi) is 5.05. The highest BCUT2D eigenvalue weighted by Crippen LogP contribution is 2.08. The maximum atomic E-state index is 12.8. The average Bonchev–Trinajstić information content (AvgIpc) is 2.16. The van der Waals surface area contributed by atoms with E-state index < -0.39 is 11.6 Å². The lowest BCUT2D eigenvalue weighted by atomic mass is 10.2. The van der Waals surface area contributed by atoms with Crippen LogP contribution in [-0.2, 0) is 6.54 Å².